The summed E-state index contributed by atoms with van der Waals surface area (Å²) in [5.41, 5.74) is 11.6. The summed E-state index contributed by atoms with van der Waals surface area (Å²) in [5.74, 6) is -1.99. The van der Waals surface area contributed by atoms with Crippen LogP contribution in [0, 0.1) is 0 Å². The first-order valence-electron chi connectivity index (χ1n) is 8.52. The molecule has 0 aromatic rings. The number of hydrogen-bond donors (Lipinski definition) is 4. The molecule has 0 aromatic heterocycles. The fraction of sp³-hybridized carbons (Fsp3) is 0.938. The molecule has 126 valence electrons. The molecule has 0 amide bonds. The van der Waals surface area contributed by atoms with Gasteiger partial charge in [0.1, 0.15) is 5.79 Å². The predicted molar refractivity (Wildman–Crippen MR) is 87.8 cm³/mol. The Bertz CT molecular complexity index is 258. The largest absolute Gasteiger partial charge is 0.480 e. The molecule has 0 aliphatic heterocycles. The molecule has 0 aliphatic rings. The Hall–Kier alpha value is -0.650. The van der Waals surface area contributed by atoms with Gasteiger partial charge < -0.3 is 16.6 Å². The van der Waals surface area contributed by atoms with E-state index in [2.05, 4.69) is 12.2 Å². The zero-order valence-electron chi connectivity index (χ0n) is 13.7. The van der Waals surface area contributed by atoms with Crippen LogP contribution in [-0.4, -0.2) is 23.4 Å². The third kappa shape index (κ3) is 15.6. The molecule has 0 fully saturated rings. The van der Waals surface area contributed by atoms with Crippen LogP contribution in [0.15, 0.2) is 0 Å². The highest BCUT2D eigenvalue weighted by Crippen LogP contribution is 2.12. The highest BCUT2D eigenvalue weighted by molar-refractivity contribution is 5.69. The Morgan fingerprint density at radius 1 is 0.905 bits per heavy atom. The quantitative estimate of drug-likeness (QED) is 0.275. The highest BCUT2D eigenvalue weighted by Gasteiger charge is 2.18. The molecule has 5 nitrogen and oxygen atoms in total. The van der Waals surface area contributed by atoms with Crippen molar-refractivity contribution < 1.29 is 9.90 Å². The number of unbranched alkanes of at least 4 members (excludes halogenated alkanes) is 10. The van der Waals surface area contributed by atoms with Crippen LogP contribution in [0.25, 0.3) is 0 Å². The maximum atomic E-state index is 10.4. The smallest absolute Gasteiger partial charge is 0.317 e. The Balaban J connectivity index is 3.29. The van der Waals surface area contributed by atoms with Crippen LogP contribution in [0.3, 0.4) is 0 Å². The van der Waals surface area contributed by atoms with Gasteiger partial charge in [-0.15, -0.1) is 0 Å². The van der Waals surface area contributed by atoms with Gasteiger partial charge in [0, 0.05) is 0 Å². The number of carboxylic acids is 1. The summed E-state index contributed by atoms with van der Waals surface area (Å²) in [5, 5.41) is 11.2. The first-order valence-corrected chi connectivity index (χ1v) is 8.52. The van der Waals surface area contributed by atoms with E-state index in [9.17, 15) is 4.79 Å². The molecular weight excluding hydrogens is 266 g/mol. The molecule has 0 rings (SSSR count). The van der Waals surface area contributed by atoms with Crippen LogP contribution in [0.1, 0.15) is 84.0 Å². The van der Waals surface area contributed by atoms with Gasteiger partial charge in [-0.1, -0.05) is 71.1 Å². The molecule has 0 unspecified atom stereocenters. The standard InChI is InChI=1S/C16H35N3O2/c1-2-3-4-5-6-7-8-9-10-11-12-13-16(17,18)19-14-15(20)21/h19H,2-14,17-18H2,1H3,(H,20,21). The number of nitrogens with two attached hydrogens (primary N) is 2. The average Bonchev–Trinajstić information content (AvgIpc) is 2.43. The Morgan fingerprint density at radius 2 is 1.33 bits per heavy atom. The van der Waals surface area contributed by atoms with E-state index >= 15 is 0 Å². The molecular formula is C16H35N3O2. The monoisotopic (exact) mass is 301 g/mol. The van der Waals surface area contributed by atoms with Crippen molar-refractivity contribution in [1.82, 2.24) is 5.32 Å². The van der Waals surface area contributed by atoms with Crippen molar-refractivity contribution in [2.45, 2.75) is 89.8 Å². The van der Waals surface area contributed by atoms with Crippen molar-refractivity contribution >= 4 is 5.97 Å². The maximum Gasteiger partial charge on any atom is 0.317 e. The Morgan fingerprint density at radius 3 is 1.76 bits per heavy atom. The molecule has 0 aliphatic carbocycles. The van der Waals surface area contributed by atoms with E-state index in [1.807, 2.05) is 0 Å². The number of carbonyl (C=O) groups is 1. The summed E-state index contributed by atoms with van der Waals surface area (Å²) in [7, 11) is 0. The van der Waals surface area contributed by atoms with E-state index in [-0.39, 0.29) is 6.54 Å². The van der Waals surface area contributed by atoms with Gasteiger partial charge in [-0.05, 0) is 12.8 Å². The van der Waals surface area contributed by atoms with Gasteiger partial charge in [0.2, 0.25) is 0 Å². The van der Waals surface area contributed by atoms with Crippen molar-refractivity contribution in [2.24, 2.45) is 11.5 Å². The first-order chi connectivity index (χ1) is 9.98. The first kappa shape index (κ1) is 20.3. The van der Waals surface area contributed by atoms with Crippen molar-refractivity contribution in [3.05, 3.63) is 0 Å². The Kier molecular flexibility index (Phi) is 12.6. The van der Waals surface area contributed by atoms with E-state index in [0.717, 1.165) is 12.8 Å². The molecule has 0 saturated carbocycles. The lowest BCUT2D eigenvalue weighted by atomic mass is 10.0. The minimum absolute atomic E-state index is 0.189. The summed E-state index contributed by atoms with van der Waals surface area (Å²) >= 11 is 0. The van der Waals surface area contributed by atoms with Crippen LogP contribution < -0.4 is 16.8 Å². The zero-order chi connectivity index (χ0) is 16.0. The number of nitrogens with one attached hydrogen (secondary N) is 1. The Labute approximate surface area is 129 Å². The third-order valence-electron chi connectivity index (χ3n) is 3.76. The lowest BCUT2D eigenvalue weighted by molar-refractivity contribution is -0.136. The molecule has 0 bridgehead atoms. The highest BCUT2D eigenvalue weighted by atomic mass is 16.4. The lowest BCUT2D eigenvalue weighted by Crippen LogP contribution is -2.62. The zero-order valence-corrected chi connectivity index (χ0v) is 13.7. The van der Waals surface area contributed by atoms with Gasteiger partial charge in [0.25, 0.3) is 0 Å². The van der Waals surface area contributed by atoms with Crippen LogP contribution in [0.5, 0.6) is 0 Å². The second-order valence-electron chi connectivity index (χ2n) is 6.07. The average molecular weight is 301 g/mol. The second-order valence-corrected chi connectivity index (χ2v) is 6.07. The van der Waals surface area contributed by atoms with E-state index in [1.54, 1.807) is 0 Å². The summed E-state index contributed by atoms with van der Waals surface area (Å²) < 4.78 is 0. The summed E-state index contributed by atoms with van der Waals surface area (Å²) in [6, 6.07) is 0. The molecule has 0 saturated heterocycles. The van der Waals surface area contributed by atoms with Crippen LogP contribution >= 0.6 is 0 Å². The van der Waals surface area contributed by atoms with Gasteiger partial charge in [0.15, 0.2) is 0 Å². The van der Waals surface area contributed by atoms with Crippen molar-refractivity contribution in [2.75, 3.05) is 6.54 Å². The number of hydrogen-bond acceptors (Lipinski definition) is 4. The normalized spacial score (nSPS) is 11.8. The van der Waals surface area contributed by atoms with Crippen molar-refractivity contribution in [1.29, 1.82) is 0 Å². The molecule has 0 radical (unpaired) electrons. The van der Waals surface area contributed by atoms with E-state index < -0.39 is 11.8 Å². The SMILES string of the molecule is CCCCCCCCCCCCCC(N)(N)NCC(=O)O. The van der Waals surface area contributed by atoms with E-state index in [1.165, 1.54) is 57.8 Å². The van der Waals surface area contributed by atoms with Crippen LogP contribution in [0.2, 0.25) is 0 Å². The van der Waals surface area contributed by atoms with Gasteiger partial charge in [-0.3, -0.25) is 10.1 Å². The molecule has 0 heterocycles. The number of aliphatic carboxylic acids is 1. The topological polar surface area (TPSA) is 101 Å². The summed E-state index contributed by atoms with van der Waals surface area (Å²) in [6.45, 7) is 2.06. The van der Waals surface area contributed by atoms with Gasteiger partial charge >= 0.3 is 5.97 Å². The molecule has 0 aromatic carbocycles. The maximum absolute atomic E-state index is 10.4. The lowest BCUT2D eigenvalue weighted by Gasteiger charge is -2.25. The van der Waals surface area contributed by atoms with E-state index in [4.69, 9.17) is 16.6 Å². The molecule has 0 spiro atoms. The fourth-order valence-electron chi connectivity index (χ4n) is 2.41. The molecule has 6 N–H and O–H groups in total. The van der Waals surface area contributed by atoms with E-state index in [0.29, 0.717) is 6.42 Å². The molecule has 5 heteroatoms. The fourth-order valence-corrected chi connectivity index (χ4v) is 2.41. The molecule has 0 atom stereocenters. The summed E-state index contributed by atoms with van der Waals surface area (Å²) in [6.07, 6.45) is 14.6. The molecule has 21 heavy (non-hydrogen) atoms. The third-order valence-corrected chi connectivity index (χ3v) is 3.76. The van der Waals surface area contributed by atoms with Crippen molar-refractivity contribution in [3.63, 3.8) is 0 Å². The van der Waals surface area contributed by atoms with Gasteiger partial charge in [0.05, 0.1) is 6.54 Å². The summed E-state index contributed by atoms with van der Waals surface area (Å²) in [4.78, 5) is 10.4. The number of carboxylic acid groups (broad SMARTS) is 1. The minimum Gasteiger partial charge on any atom is -0.480 e. The predicted octanol–water partition coefficient (Wildman–Crippen LogP) is 2.93. The van der Waals surface area contributed by atoms with Crippen molar-refractivity contribution in [3.8, 4) is 0 Å². The second kappa shape index (κ2) is 13.0. The minimum atomic E-state index is -1.06. The van der Waals surface area contributed by atoms with Crippen LogP contribution in [0.4, 0.5) is 0 Å². The van der Waals surface area contributed by atoms with Gasteiger partial charge in [-0.25, -0.2) is 0 Å². The van der Waals surface area contributed by atoms with Crippen LogP contribution in [-0.2, 0) is 4.79 Å². The number of rotatable bonds is 15. The van der Waals surface area contributed by atoms with Gasteiger partial charge in [-0.2, -0.15) is 0 Å².